The van der Waals surface area contributed by atoms with E-state index in [0.29, 0.717) is 11.4 Å². The second-order valence-electron chi connectivity index (χ2n) is 3.06. The van der Waals surface area contributed by atoms with E-state index in [0.717, 1.165) is 24.8 Å². The van der Waals surface area contributed by atoms with Gasteiger partial charge in [-0.05, 0) is 49.6 Å². The van der Waals surface area contributed by atoms with Crippen molar-refractivity contribution >= 4 is 12.6 Å². The molecule has 0 atom stereocenters. The molecule has 0 saturated heterocycles. The molecule has 3 heteroatoms. The minimum Gasteiger partial charge on any atom is -0.330 e. The molecule has 0 aliphatic heterocycles. The van der Waals surface area contributed by atoms with Crippen LogP contribution in [0.1, 0.15) is 18.4 Å². The van der Waals surface area contributed by atoms with Gasteiger partial charge in [-0.15, -0.1) is 12.6 Å². The van der Waals surface area contributed by atoms with E-state index >= 15 is 0 Å². The highest BCUT2D eigenvalue weighted by molar-refractivity contribution is 7.80. The van der Waals surface area contributed by atoms with Crippen molar-refractivity contribution in [3.8, 4) is 0 Å². The molecule has 72 valence electrons. The lowest BCUT2D eigenvalue weighted by atomic mass is 10.1. The van der Waals surface area contributed by atoms with Crippen LogP contribution in [0.3, 0.4) is 0 Å². The molecule has 2 N–H and O–H groups in total. The number of halogens is 1. The van der Waals surface area contributed by atoms with Crippen molar-refractivity contribution < 1.29 is 4.39 Å². The third-order valence-electron chi connectivity index (χ3n) is 1.86. The molecule has 0 aliphatic carbocycles. The Hall–Kier alpha value is -0.540. The first-order valence-electron chi connectivity index (χ1n) is 4.41. The smallest absolute Gasteiger partial charge is 0.124 e. The van der Waals surface area contributed by atoms with Gasteiger partial charge in [-0.1, -0.05) is 0 Å². The Labute approximate surface area is 83.6 Å². The van der Waals surface area contributed by atoms with Crippen LogP contribution >= 0.6 is 12.6 Å². The van der Waals surface area contributed by atoms with E-state index in [2.05, 4.69) is 12.6 Å². The third kappa shape index (κ3) is 3.79. The molecule has 13 heavy (non-hydrogen) atoms. The first kappa shape index (κ1) is 10.5. The van der Waals surface area contributed by atoms with Crippen LogP contribution in [-0.4, -0.2) is 6.54 Å². The van der Waals surface area contributed by atoms with Gasteiger partial charge in [-0.25, -0.2) is 4.39 Å². The van der Waals surface area contributed by atoms with Crippen LogP contribution < -0.4 is 5.73 Å². The summed E-state index contributed by atoms with van der Waals surface area (Å²) >= 11 is 4.10. The maximum absolute atomic E-state index is 12.9. The van der Waals surface area contributed by atoms with E-state index < -0.39 is 0 Å². The topological polar surface area (TPSA) is 26.0 Å². The maximum Gasteiger partial charge on any atom is 0.124 e. The molecule has 0 bridgehead atoms. The Morgan fingerprint density at radius 3 is 2.62 bits per heavy atom. The Morgan fingerprint density at radius 1 is 1.23 bits per heavy atom. The zero-order valence-corrected chi connectivity index (χ0v) is 8.36. The number of hydrogen-bond acceptors (Lipinski definition) is 2. The Balaban J connectivity index is 2.56. The fourth-order valence-electron chi connectivity index (χ4n) is 1.25. The van der Waals surface area contributed by atoms with Crippen molar-refractivity contribution in [1.82, 2.24) is 0 Å². The Bertz CT molecular complexity index is 255. The molecule has 0 radical (unpaired) electrons. The molecule has 0 aromatic heterocycles. The summed E-state index contributed by atoms with van der Waals surface area (Å²) < 4.78 is 12.9. The predicted molar refractivity (Wildman–Crippen MR) is 55.6 cm³/mol. The lowest BCUT2D eigenvalue weighted by Gasteiger charge is -2.01. The lowest BCUT2D eigenvalue weighted by Crippen LogP contribution is -1.99. The lowest BCUT2D eigenvalue weighted by molar-refractivity contribution is 0.619. The number of hydrogen-bond donors (Lipinski definition) is 2. The first-order chi connectivity index (χ1) is 6.22. The summed E-state index contributed by atoms with van der Waals surface area (Å²) in [5, 5.41) is 0. The molecule has 1 rings (SSSR count). The summed E-state index contributed by atoms with van der Waals surface area (Å²) in [6.07, 6.45) is 2.87. The highest BCUT2D eigenvalue weighted by Crippen LogP contribution is 2.14. The van der Waals surface area contributed by atoms with Crippen LogP contribution in [0.5, 0.6) is 0 Å². The van der Waals surface area contributed by atoms with Gasteiger partial charge in [0.15, 0.2) is 0 Å². The molecular formula is C10H14FNS. The molecule has 0 unspecified atom stereocenters. The summed E-state index contributed by atoms with van der Waals surface area (Å²) in [4.78, 5) is 0.683. The number of aryl methyl sites for hydroxylation is 1. The monoisotopic (exact) mass is 199 g/mol. The van der Waals surface area contributed by atoms with E-state index in [4.69, 9.17) is 5.73 Å². The number of unbranched alkanes of at least 4 members (excludes halogenated alkanes) is 1. The summed E-state index contributed by atoms with van der Waals surface area (Å²) in [5.41, 5.74) is 6.36. The molecule has 1 aromatic carbocycles. The molecule has 0 fully saturated rings. The molecule has 0 heterocycles. The van der Waals surface area contributed by atoms with Gasteiger partial charge in [0, 0.05) is 4.90 Å². The highest BCUT2D eigenvalue weighted by atomic mass is 32.1. The average Bonchev–Trinajstić information content (AvgIpc) is 2.03. The van der Waals surface area contributed by atoms with Crippen molar-refractivity contribution in [2.45, 2.75) is 24.2 Å². The molecule has 1 nitrogen and oxygen atoms in total. The third-order valence-corrected chi connectivity index (χ3v) is 2.12. The van der Waals surface area contributed by atoms with Gasteiger partial charge >= 0.3 is 0 Å². The van der Waals surface area contributed by atoms with E-state index in [1.807, 2.05) is 6.07 Å². The highest BCUT2D eigenvalue weighted by Gasteiger charge is 1.98. The maximum atomic E-state index is 12.9. The summed E-state index contributed by atoms with van der Waals surface area (Å²) in [5.74, 6) is -0.213. The van der Waals surface area contributed by atoms with Crippen LogP contribution in [0.25, 0.3) is 0 Å². The normalized spacial score (nSPS) is 10.4. The minimum absolute atomic E-state index is 0.213. The van der Waals surface area contributed by atoms with Crippen molar-refractivity contribution in [1.29, 1.82) is 0 Å². The SMILES string of the molecule is NCCCCc1cc(F)cc(S)c1. The van der Waals surface area contributed by atoms with Crippen LogP contribution in [0, 0.1) is 5.82 Å². The number of benzene rings is 1. The molecule has 0 amide bonds. The Morgan fingerprint density at radius 2 is 2.00 bits per heavy atom. The molecule has 1 aromatic rings. The molecule has 0 aliphatic rings. The van der Waals surface area contributed by atoms with Gasteiger partial charge in [0.2, 0.25) is 0 Å². The van der Waals surface area contributed by atoms with Crippen molar-refractivity contribution in [2.24, 2.45) is 5.73 Å². The van der Waals surface area contributed by atoms with Crippen LogP contribution in [0.2, 0.25) is 0 Å². The van der Waals surface area contributed by atoms with Gasteiger partial charge in [-0.2, -0.15) is 0 Å². The standard InChI is InChI=1S/C10H14FNS/c11-9-5-8(3-1-2-4-12)6-10(13)7-9/h5-7,13H,1-4,12H2. The number of rotatable bonds is 4. The van der Waals surface area contributed by atoms with Crippen LogP contribution in [0.4, 0.5) is 4.39 Å². The summed E-state index contributed by atoms with van der Waals surface area (Å²) in [7, 11) is 0. The van der Waals surface area contributed by atoms with E-state index in [1.54, 1.807) is 6.07 Å². The van der Waals surface area contributed by atoms with Gasteiger partial charge in [0.25, 0.3) is 0 Å². The average molecular weight is 199 g/mol. The van der Waals surface area contributed by atoms with Crippen molar-refractivity contribution in [3.05, 3.63) is 29.6 Å². The quantitative estimate of drug-likeness (QED) is 0.565. The van der Waals surface area contributed by atoms with Gasteiger partial charge in [0.05, 0.1) is 0 Å². The largest absolute Gasteiger partial charge is 0.330 e. The van der Waals surface area contributed by atoms with Gasteiger partial charge < -0.3 is 5.73 Å². The first-order valence-corrected chi connectivity index (χ1v) is 4.85. The Kier molecular flexibility index (Phi) is 4.25. The number of thiol groups is 1. The summed E-state index contributed by atoms with van der Waals surface area (Å²) in [6, 6.07) is 4.86. The fraction of sp³-hybridized carbons (Fsp3) is 0.400. The van der Waals surface area contributed by atoms with Crippen LogP contribution in [0.15, 0.2) is 23.1 Å². The zero-order valence-electron chi connectivity index (χ0n) is 7.46. The van der Waals surface area contributed by atoms with Crippen LogP contribution in [-0.2, 0) is 6.42 Å². The van der Waals surface area contributed by atoms with E-state index in [1.165, 1.54) is 6.07 Å². The molecular weight excluding hydrogens is 185 g/mol. The van der Waals surface area contributed by atoms with E-state index in [-0.39, 0.29) is 5.82 Å². The van der Waals surface area contributed by atoms with Crippen molar-refractivity contribution in [3.63, 3.8) is 0 Å². The second-order valence-corrected chi connectivity index (χ2v) is 3.58. The van der Waals surface area contributed by atoms with E-state index in [9.17, 15) is 4.39 Å². The predicted octanol–water partition coefficient (Wildman–Crippen LogP) is 2.40. The zero-order chi connectivity index (χ0) is 9.68. The number of nitrogens with two attached hydrogens (primary N) is 1. The molecule has 0 saturated carbocycles. The fourth-order valence-corrected chi connectivity index (χ4v) is 1.54. The van der Waals surface area contributed by atoms with Gasteiger partial charge in [-0.3, -0.25) is 0 Å². The second kappa shape index (κ2) is 5.25. The minimum atomic E-state index is -0.213. The van der Waals surface area contributed by atoms with Crippen molar-refractivity contribution in [2.75, 3.05) is 6.54 Å². The summed E-state index contributed by atoms with van der Waals surface area (Å²) in [6.45, 7) is 0.697. The van der Waals surface area contributed by atoms with Gasteiger partial charge in [0.1, 0.15) is 5.82 Å². The molecule has 0 spiro atoms.